The third-order valence-corrected chi connectivity index (χ3v) is 6.79. The van der Waals surface area contributed by atoms with Crippen LogP contribution in [0.3, 0.4) is 0 Å². The van der Waals surface area contributed by atoms with E-state index in [1.165, 1.54) is 17.0 Å². The number of carbonyl (C=O) groups excluding carboxylic acids is 1. The normalized spacial score (nSPS) is 19.5. The zero-order chi connectivity index (χ0) is 24.9. The first-order valence-electron chi connectivity index (χ1n) is 12.1. The molecule has 2 aliphatic heterocycles. The average molecular weight is 485 g/mol. The molecule has 2 aromatic rings. The van der Waals surface area contributed by atoms with Crippen molar-refractivity contribution in [3.63, 3.8) is 0 Å². The number of nitrogens with zero attached hydrogens (tertiary/aromatic N) is 4. The van der Waals surface area contributed by atoms with Crippen molar-refractivity contribution in [3.05, 3.63) is 59.9 Å². The Morgan fingerprint density at radius 1 is 1.09 bits per heavy atom. The molecule has 0 spiro atoms. The van der Waals surface area contributed by atoms with Gasteiger partial charge < -0.3 is 19.6 Å². The molecule has 0 unspecified atom stereocenters. The van der Waals surface area contributed by atoms with Crippen LogP contribution >= 0.6 is 0 Å². The summed E-state index contributed by atoms with van der Waals surface area (Å²) in [6.45, 7) is 5.76. The number of hydrogen-bond donors (Lipinski definition) is 1. The third-order valence-electron chi connectivity index (χ3n) is 6.79. The monoisotopic (exact) mass is 484 g/mol. The van der Waals surface area contributed by atoms with Crippen LogP contribution in [0.2, 0.25) is 0 Å². The molecule has 9 heteroatoms. The minimum absolute atomic E-state index is 0.0346. The van der Waals surface area contributed by atoms with Crippen LogP contribution in [0.1, 0.15) is 25.3 Å². The Kier molecular flexibility index (Phi) is 7.75. The van der Waals surface area contributed by atoms with Gasteiger partial charge in [0.1, 0.15) is 17.7 Å². The van der Waals surface area contributed by atoms with Crippen molar-refractivity contribution in [2.45, 2.75) is 38.5 Å². The van der Waals surface area contributed by atoms with Crippen molar-refractivity contribution in [2.24, 2.45) is 0 Å². The molecule has 2 saturated heterocycles. The van der Waals surface area contributed by atoms with Crippen LogP contribution in [-0.2, 0) is 6.54 Å². The van der Waals surface area contributed by atoms with E-state index in [2.05, 4.69) is 4.90 Å². The van der Waals surface area contributed by atoms with Crippen molar-refractivity contribution in [1.82, 2.24) is 14.7 Å². The van der Waals surface area contributed by atoms with Gasteiger partial charge in [0.2, 0.25) is 0 Å². The molecule has 35 heavy (non-hydrogen) atoms. The van der Waals surface area contributed by atoms with Gasteiger partial charge in [-0.3, -0.25) is 9.80 Å². The second kappa shape index (κ2) is 10.9. The highest BCUT2D eigenvalue weighted by atomic mass is 19.1. The Balaban J connectivity index is 1.26. The van der Waals surface area contributed by atoms with E-state index < -0.39 is 6.09 Å². The maximum Gasteiger partial charge on any atom is 0.407 e. The van der Waals surface area contributed by atoms with E-state index >= 15 is 0 Å². The number of carboxylic acid groups (broad SMARTS) is 1. The first-order valence-corrected chi connectivity index (χ1v) is 12.1. The standard InChI is InChI=1S/C26H33FN4O4/c1-19-17-29(14-15-31(19)26(33)34)18-20-6-8-22(9-7-20)28(2)25(32)30-12-10-23(11-13-30)35-24-5-3-4-21(27)16-24/h3-9,16,19,23H,10-15,17-18H2,1-2H3,(H,33,34)/t19-/m0/s1. The maximum absolute atomic E-state index is 13.4. The SMILES string of the molecule is C[C@H]1CN(Cc2ccc(N(C)C(=O)N3CCC(Oc4cccc(F)c4)CC3)cc2)CCN1C(=O)O. The van der Waals surface area contributed by atoms with Gasteiger partial charge in [0.15, 0.2) is 0 Å². The van der Waals surface area contributed by atoms with E-state index in [4.69, 9.17) is 4.74 Å². The molecular formula is C26H33FN4O4. The van der Waals surface area contributed by atoms with Gasteiger partial charge in [0.05, 0.1) is 0 Å². The molecule has 0 aliphatic carbocycles. The molecule has 0 radical (unpaired) electrons. The molecule has 188 valence electrons. The number of amides is 3. The van der Waals surface area contributed by atoms with Crippen molar-refractivity contribution in [2.75, 3.05) is 44.7 Å². The van der Waals surface area contributed by atoms with Crippen molar-refractivity contribution >= 4 is 17.8 Å². The number of ether oxygens (including phenoxy) is 1. The van der Waals surface area contributed by atoms with Crippen LogP contribution in [0, 0.1) is 5.82 Å². The zero-order valence-electron chi connectivity index (χ0n) is 20.3. The summed E-state index contributed by atoms with van der Waals surface area (Å²) in [4.78, 5) is 31.5. The number of halogens is 1. The Morgan fingerprint density at radius 2 is 1.80 bits per heavy atom. The molecule has 0 saturated carbocycles. The van der Waals surface area contributed by atoms with Gasteiger partial charge in [-0.05, 0) is 36.8 Å². The fourth-order valence-electron chi connectivity index (χ4n) is 4.76. The van der Waals surface area contributed by atoms with Crippen LogP contribution in [0.4, 0.5) is 19.7 Å². The Labute approximate surface area is 205 Å². The molecule has 0 bridgehead atoms. The lowest BCUT2D eigenvalue weighted by molar-refractivity contribution is 0.0711. The van der Waals surface area contributed by atoms with Gasteiger partial charge in [-0.15, -0.1) is 0 Å². The van der Waals surface area contributed by atoms with Gasteiger partial charge in [-0.1, -0.05) is 18.2 Å². The number of benzene rings is 2. The number of carbonyl (C=O) groups is 2. The lowest BCUT2D eigenvalue weighted by Crippen LogP contribution is -2.53. The number of piperidine rings is 1. The number of likely N-dealkylation sites (tertiary alicyclic amines) is 1. The predicted molar refractivity (Wildman–Crippen MR) is 131 cm³/mol. The summed E-state index contributed by atoms with van der Waals surface area (Å²) in [6.07, 6.45) is 0.494. The highest BCUT2D eigenvalue weighted by molar-refractivity contribution is 5.91. The Hall–Kier alpha value is -3.33. The largest absolute Gasteiger partial charge is 0.490 e. The van der Waals surface area contributed by atoms with Crippen LogP contribution < -0.4 is 9.64 Å². The van der Waals surface area contributed by atoms with E-state index in [0.29, 0.717) is 51.3 Å². The average Bonchev–Trinajstić information content (AvgIpc) is 2.84. The topological polar surface area (TPSA) is 76.6 Å². The van der Waals surface area contributed by atoms with Crippen LogP contribution in [0.15, 0.2) is 48.5 Å². The van der Waals surface area contributed by atoms with Crippen LogP contribution in [0.5, 0.6) is 5.75 Å². The molecule has 2 heterocycles. The minimum atomic E-state index is -0.863. The van der Waals surface area contributed by atoms with E-state index in [1.54, 1.807) is 24.1 Å². The molecule has 2 aromatic carbocycles. The van der Waals surface area contributed by atoms with Gasteiger partial charge in [0.25, 0.3) is 0 Å². The quantitative estimate of drug-likeness (QED) is 0.691. The fraction of sp³-hybridized carbons (Fsp3) is 0.462. The van der Waals surface area contributed by atoms with Gasteiger partial charge in [0, 0.05) is 77.0 Å². The smallest absolute Gasteiger partial charge is 0.407 e. The van der Waals surface area contributed by atoms with Crippen molar-refractivity contribution in [3.8, 4) is 5.75 Å². The number of urea groups is 1. The second-order valence-electron chi connectivity index (χ2n) is 9.33. The zero-order valence-corrected chi connectivity index (χ0v) is 20.3. The van der Waals surface area contributed by atoms with E-state index in [0.717, 1.165) is 17.8 Å². The van der Waals surface area contributed by atoms with Crippen LogP contribution in [0.25, 0.3) is 0 Å². The van der Waals surface area contributed by atoms with Crippen molar-refractivity contribution < 1.29 is 23.8 Å². The molecule has 0 aromatic heterocycles. The summed E-state index contributed by atoms with van der Waals surface area (Å²) in [5.41, 5.74) is 1.95. The third kappa shape index (κ3) is 6.22. The summed E-state index contributed by atoms with van der Waals surface area (Å²) < 4.78 is 19.3. The fourth-order valence-corrected chi connectivity index (χ4v) is 4.76. The predicted octanol–water partition coefficient (Wildman–Crippen LogP) is 4.11. The molecule has 8 nitrogen and oxygen atoms in total. The van der Waals surface area contributed by atoms with Crippen LogP contribution in [-0.4, -0.2) is 83.8 Å². The molecule has 2 aliphatic rings. The Bertz CT molecular complexity index is 1030. The van der Waals surface area contributed by atoms with E-state index in [-0.39, 0.29) is 24.0 Å². The summed E-state index contributed by atoms with van der Waals surface area (Å²) in [5.74, 6) is 0.197. The molecule has 1 N–H and O–H groups in total. The van der Waals surface area contributed by atoms with Crippen molar-refractivity contribution in [1.29, 1.82) is 0 Å². The minimum Gasteiger partial charge on any atom is -0.490 e. The van der Waals surface area contributed by atoms with Gasteiger partial charge in [-0.25, -0.2) is 14.0 Å². The maximum atomic E-state index is 13.4. The summed E-state index contributed by atoms with van der Waals surface area (Å²) in [6, 6.07) is 14.0. The molecule has 3 amide bonds. The van der Waals surface area contributed by atoms with E-state index in [9.17, 15) is 19.1 Å². The lowest BCUT2D eigenvalue weighted by Gasteiger charge is -2.38. The first kappa shape index (κ1) is 24.8. The number of hydrogen-bond acceptors (Lipinski definition) is 4. The molecule has 2 fully saturated rings. The van der Waals surface area contributed by atoms with E-state index in [1.807, 2.05) is 36.1 Å². The summed E-state index contributed by atoms with van der Waals surface area (Å²) in [7, 11) is 1.78. The highest BCUT2D eigenvalue weighted by Gasteiger charge is 2.28. The lowest BCUT2D eigenvalue weighted by atomic mass is 10.1. The first-order chi connectivity index (χ1) is 16.8. The highest BCUT2D eigenvalue weighted by Crippen LogP contribution is 2.23. The van der Waals surface area contributed by atoms with Gasteiger partial charge in [-0.2, -0.15) is 0 Å². The number of piperazine rings is 1. The summed E-state index contributed by atoms with van der Waals surface area (Å²) >= 11 is 0. The molecule has 4 rings (SSSR count). The number of anilines is 1. The molecular weight excluding hydrogens is 451 g/mol. The Morgan fingerprint density at radius 3 is 2.43 bits per heavy atom. The molecule has 1 atom stereocenters. The summed E-state index contributed by atoms with van der Waals surface area (Å²) in [5, 5.41) is 9.24. The number of rotatable bonds is 5. The second-order valence-corrected chi connectivity index (χ2v) is 9.33. The van der Waals surface area contributed by atoms with Gasteiger partial charge >= 0.3 is 12.1 Å².